The maximum absolute atomic E-state index is 13.4. The predicted molar refractivity (Wildman–Crippen MR) is 124 cm³/mol. The molecule has 6 heteroatoms. The van der Waals surface area contributed by atoms with Crippen molar-refractivity contribution in [2.45, 2.75) is 52.1 Å². The number of pyridine rings is 1. The Labute approximate surface area is 185 Å². The van der Waals surface area contributed by atoms with Crippen molar-refractivity contribution < 1.29 is 4.79 Å². The zero-order valence-corrected chi connectivity index (χ0v) is 19.2. The minimum Gasteiger partial charge on any atom is -0.331 e. The van der Waals surface area contributed by atoms with Crippen LogP contribution >= 0.6 is 22.6 Å². The molecule has 5 nitrogen and oxygen atoms in total. The molecule has 1 fully saturated rings. The van der Waals surface area contributed by atoms with E-state index in [9.17, 15) is 4.79 Å². The van der Waals surface area contributed by atoms with Gasteiger partial charge in [0.1, 0.15) is 11.3 Å². The molecule has 1 aliphatic rings. The van der Waals surface area contributed by atoms with Gasteiger partial charge >= 0.3 is 0 Å². The number of carbonyl (C=O) groups is 1. The summed E-state index contributed by atoms with van der Waals surface area (Å²) in [6, 6.07) is 12.2. The predicted octanol–water partition coefficient (Wildman–Crippen LogP) is 5.45. The number of amides is 1. The highest BCUT2D eigenvalue weighted by Crippen LogP contribution is 2.33. The molecule has 0 bridgehead atoms. The Hall–Kier alpha value is -1.96. The molecular formula is C23H27IN4O. The highest BCUT2D eigenvalue weighted by molar-refractivity contribution is 14.1. The standard InChI is InChI=1S/C23H27IN4O/c1-16(2)14-27(23(29)17-7-5-8-18(24)13-17)15-21-26-20-11-6-12-25-22(20)28(21)19-9-3-4-10-19/h5-8,11-13,16,19H,3-4,9-10,14-15H2,1-2H3. The van der Waals surface area contributed by atoms with Gasteiger partial charge in [0, 0.05) is 27.9 Å². The van der Waals surface area contributed by atoms with E-state index in [-0.39, 0.29) is 5.91 Å². The molecule has 152 valence electrons. The Kier molecular flexibility index (Phi) is 6.18. The molecule has 2 heterocycles. The number of rotatable bonds is 6. The Balaban J connectivity index is 1.71. The first-order valence-electron chi connectivity index (χ1n) is 10.4. The number of carbonyl (C=O) groups excluding carboxylic acids is 1. The molecule has 1 aromatic carbocycles. The topological polar surface area (TPSA) is 51.0 Å². The molecule has 1 aliphatic carbocycles. The van der Waals surface area contributed by atoms with E-state index in [2.05, 4.69) is 46.0 Å². The zero-order chi connectivity index (χ0) is 20.4. The minimum absolute atomic E-state index is 0.0650. The summed E-state index contributed by atoms with van der Waals surface area (Å²) in [7, 11) is 0. The lowest BCUT2D eigenvalue weighted by Crippen LogP contribution is -2.35. The van der Waals surface area contributed by atoms with Gasteiger partial charge in [-0.1, -0.05) is 32.8 Å². The average Bonchev–Trinajstić information content (AvgIpc) is 3.33. The third-order valence-electron chi connectivity index (χ3n) is 5.49. The Morgan fingerprint density at radius 2 is 2.03 bits per heavy atom. The Morgan fingerprint density at radius 1 is 1.24 bits per heavy atom. The quantitative estimate of drug-likeness (QED) is 0.422. The maximum atomic E-state index is 13.4. The van der Waals surface area contributed by atoms with E-state index in [1.54, 1.807) is 0 Å². The van der Waals surface area contributed by atoms with Gasteiger partial charge in [0.2, 0.25) is 0 Å². The van der Waals surface area contributed by atoms with Gasteiger partial charge in [0.05, 0.1) is 6.54 Å². The summed E-state index contributed by atoms with van der Waals surface area (Å²) in [4.78, 5) is 24.8. The van der Waals surface area contributed by atoms with Gasteiger partial charge in [-0.05, 0) is 71.7 Å². The molecule has 0 atom stereocenters. The monoisotopic (exact) mass is 502 g/mol. The van der Waals surface area contributed by atoms with Crippen molar-refractivity contribution in [3.8, 4) is 0 Å². The smallest absolute Gasteiger partial charge is 0.254 e. The second-order valence-electron chi connectivity index (χ2n) is 8.27. The summed E-state index contributed by atoms with van der Waals surface area (Å²) in [5.74, 6) is 1.39. The van der Waals surface area contributed by atoms with Crippen LogP contribution in [-0.2, 0) is 6.54 Å². The van der Waals surface area contributed by atoms with Gasteiger partial charge in [0.25, 0.3) is 5.91 Å². The van der Waals surface area contributed by atoms with Crippen molar-refractivity contribution in [1.82, 2.24) is 19.4 Å². The third kappa shape index (κ3) is 4.47. The third-order valence-corrected chi connectivity index (χ3v) is 6.16. The van der Waals surface area contributed by atoms with Crippen molar-refractivity contribution in [3.63, 3.8) is 0 Å². The first-order valence-corrected chi connectivity index (χ1v) is 11.5. The molecule has 0 saturated heterocycles. The van der Waals surface area contributed by atoms with Crippen molar-refractivity contribution in [3.05, 3.63) is 57.6 Å². The van der Waals surface area contributed by atoms with E-state index in [0.717, 1.165) is 39.0 Å². The van der Waals surface area contributed by atoms with Crippen LogP contribution in [0.3, 0.4) is 0 Å². The number of benzene rings is 1. The molecule has 0 unspecified atom stereocenters. The molecule has 0 aliphatic heterocycles. The summed E-state index contributed by atoms with van der Waals surface area (Å²) in [6.07, 6.45) is 6.64. The molecule has 29 heavy (non-hydrogen) atoms. The largest absolute Gasteiger partial charge is 0.331 e. The second-order valence-corrected chi connectivity index (χ2v) is 9.52. The summed E-state index contributed by atoms with van der Waals surface area (Å²) < 4.78 is 3.37. The number of hydrogen-bond acceptors (Lipinski definition) is 3. The molecule has 0 spiro atoms. The molecule has 2 aromatic heterocycles. The van der Waals surface area contributed by atoms with Gasteiger partial charge in [-0.25, -0.2) is 9.97 Å². The van der Waals surface area contributed by atoms with Gasteiger partial charge in [0.15, 0.2) is 5.65 Å². The summed E-state index contributed by atoms with van der Waals surface area (Å²) in [6.45, 7) is 5.51. The summed E-state index contributed by atoms with van der Waals surface area (Å²) in [5.41, 5.74) is 2.60. The van der Waals surface area contributed by atoms with E-state index < -0.39 is 0 Å². The van der Waals surface area contributed by atoms with E-state index in [4.69, 9.17) is 4.98 Å². The number of imidazole rings is 1. The summed E-state index contributed by atoms with van der Waals surface area (Å²) in [5, 5.41) is 0. The van der Waals surface area contributed by atoms with Gasteiger partial charge in [-0.2, -0.15) is 0 Å². The molecule has 3 aromatic rings. The van der Waals surface area contributed by atoms with Gasteiger partial charge in [-0.3, -0.25) is 4.79 Å². The number of halogens is 1. The highest BCUT2D eigenvalue weighted by atomic mass is 127. The van der Waals surface area contributed by atoms with E-state index in [1.807, 2.05) is 47.5 Å². The fraction of sp³-hybridized carbons (Fsp3) is 0.435. The number of fused-ring (bicyclic) bond motifs is 1. The number of hydrogen-bond donors (Lipinski definition) is 0. The lowest BCUT2D eigenvalue weighted by atomic mass is 10.1. The average molecular weight is 502 g/mol. The van der Waals surface area contributed by atoms with Crippen molar-refractivity contribution in [2.24, 2.45) is 5.92 Å². The SMILES string of the molecule is CC(C)CN(Cc1nc2cccnc2n1C1CCCC1)C(=O)c1cccc(I)c1. The number of aromatic nitrogens is 3. The molecular weight excluding hydrogens is 475 g/mol. The van der Waals surface area contributed by atoms with Crippen LogP contribution in [0.4, 0.5) is 0 Å². The normalized spacial score (nSPS) is 14.8. The van der Waals surface area contributed by atoms with Crippen LogP contribution in [0.25, 0.3) is 11.2 Å². The molecule has 0 radical (unpaired) electrons. The van der Waals surface area contributed by atoms with Crippen LogP contribution in [-0.4, -0.2) is 31.9 Å². The van der Waals surface area contributed by atoms with Gasteiger partial charge < -0.3 is 9.47 Å². The van der Waals surface area contributed by atoms with Crippen LogP contribution in [0, 0.1) is 9.49 Å². The Bertz CT molecular complexity index is 1010. The molecule has 1 amide bonds. The first kappa shape index (κ1) is 20.3. The number of nitrogens with zero attached hydrogens (tertiary/aromatic N) is 4. The van der Waals surface area contributed by atoms with Crippen LogP contribution in [0.2, 0.25) is 0 Å². The molecule has 4 rings (SSSR count). The summed E-state index contributed by atoms with van der Waals surface area (Å²) >= 11 is 2.26. The van der Waals surface area contributed by atoms with Crippen molar-refractivity contribution in [2.75, 3.05) is 6.54 Å². The lowest BCUT2D eigenvalue weighted by molar-refractivity contribution is 0.0715. The second kappa shape index (κ2) is 8.81. The molecule has 1 saturated carbocycles. The Morgan fingerprint density at radius 3 is 2.76 bits per heavy atom. The van der Waals surface area contributed by atoms with Gasteiger partial charge in [-0.15, -0.1) is 0 Å². The maximum Gasteiger partial charge on any atom is 0.254 e. The zero-order valence-electron chi connectivity index (χ0n) is 17.0. The highest BCUT2D eigenvalue weighted by Gasteiger charge is 2.26. The minimum atomic E-state index is 0.0650. The van der Waals surface area contributed by atoms with E-state index in [1.165, 1.54) is 12.8 Å². The van der Waals surface area contributed by atoms with Crippen LogP contribution in [0.15, 0.2) is 42.6 Å². The fourth-order valence-electron chi connectivity index (χ4n) is 4.27. The fourth-order valence-corrected chi connectivity index (χ4v) is 4.81. The first-order chi connectivity index (χ1) is 14.0. The van der Waals surface area contributed by atoms with Crippen LogP contribution in [0.1, 0.15) is 61.8 Å². The van der Waals surface area contributed by atoms with Crippen LogP contribution in [0.5, 0.6) is 0 Å². The van der Waals surface area contributed by atoms with E-state index in [0.29, 0.717) is 25.0 Å². The van der Waals surface area contributed by atoms with Crippen LogP contribution < -0.4 is 0 Å². The molecule has 0 N–H and O–H groups in total. The van der Waals surface area contributed by atoms with Crippen molar-refractivity contribution >= 4 is 39.7 Å². The lowest BCUT2D eigenvalue weighted by Gasteiger charge is -2.26. The van der Waals surface area contributed by atoms with E-state index >= 15 is 0 Å². The van der Waals surface area contributed by atoms with Crippen molar-refractivity contribution in [1.29, 1.82) is 0 Å².